The molecule has 32 heavy (non-hydrogen) atoms. The number of hydrogen-bond donors (Lipinski definition) is 1. The standard InChI is InChI=1S/C21H14F5N5O/c1-10-19(31(20(10)32)12-2-3-16-17(6-12)28-9-27-16)18-14(22)4-13(5-15(18)23)30-8-11(7-29-30)21(24,25)26/h2-10,19H,1H3,(H,27,28). The number of carbonyl (C=O) groups excluding carboxylic acids is 1. The fourth-order valence-corrected chi connectivity index (χ4v) is 3.97. The van der Waals surface area contributed by atoms with Crippen molar-refractivity contribution in [1.29, 1.82) is 0 Å². The van der Waals surface area contributed by atoms with Crippen LogP contribution in [-0.2, 0) is 11.0 Å². The number of halogens is 5. The summed E-state index contributed by atoms with van der Waals surface area (Å²) in [6, 6.07) is 5.86. The average Bonchev–Trinajstić information content (AvgIpc) is 3.41. The number of hydrogen-bond acceptors (Lipinski definition) is 3. The molecule has 1 aliphatic heterocycles. The van der Waals surface area contributed by atoms with E-state index in [0.29, 0.717) is 23.6 Å². The van der Waals surface area contributed by atoms with Crippen molar-refractivity contribution >= 4 is 22.6 Å². The number of carbonyl (C=O) groups is 1. The minimum atomic E-state index is -4.63. The van der Waals surface area contributed by atoms with Gasteiger partial charge in [-0.05, 0) is 18.2 Å². The number of fused-ring (bicyclic) bond motifs is 1. The van der Waals surface area contributed by atoms with Crippen LogP contribution in [0.15, 0.2) is 49.1 Å². The number of nitrogens with one attached hydrogen (secondary N) is 1. The summed E-state index contributed by atoms with van der Waals surface area (Å²) >= 11 is 0. The van der Waals surface area contributed by atoms with E-state index in [1.54, 1.807) is 25.1 Å². The number of H-pyrrole nitrogens is 1. The molecule has 11 heteroatoms. The maximum absolute atomic E-state index is 15.0. The number of β-lactam (4-membered cyclic amide) rings is 1. The molecule has 1 N–H and O–H groups in total. The van der Waals surface area contributed by atoms with E-state index in [0.717, 1.165) is 22.3 Å². The first-order chi connectivity index (χ1) is 15.1. The smallest absolute Gasteiger partial charge is 0.345 e. The van der Waals surface area contributed by atoms with Crippen LogP contribution < -0.4 is 4.90 Å². The summed E-state index contributed by atoms with van der Waals surface area (Å²) in [6.07, 6.45) is -1.92. The van der Waals surface area contributed by atoms with Gasteiger partial charge in [0.2, 0.25) is 5.91 Å². The van der Waals surface area contributed by atoms with E-state index in [-0.39, 0.29) is 17.2 Å². The van der Waals surface area contributed by atoms with E-state index in [1.165, 1.54) is 11.2 Å². The Balaban J connectivity index is 1.53. The molecule has 164 valence electrons. The fraction of sp³-hybridized carbons (Fsp3) is 0.190. The Kier molecular flexibility index (Phi) is 4.33. The maximum Gasteiger partial charge on any atom is 0.419 e. The summed E-state index contributed by atoms with van der Waals surface area (Å²) in [5.41, 5.74) is 0.172. The second-order valence-corrected chi connectivity index (χ2v) is 7.54. The SMILES string of the molecule is CC1C(=O)N(c2ccc3[nH]cnc3c2)C1c1c(F)cc(-n2cc(C(F)(F)F)cn2)cc1F. The van der Waals surface area contributed by atoms with Crippen LogP contribution in [-0.4, -0.2) is 25.7 Å². The topological polar surface area (TPSA) is 66.8 Å². The van der Waals surface area contributed by atoms with Crippen molar-refractivity contribution in [1.82, 2.24) is 19.7 Å². The minimum Gasteiger partial charge on any atom is -0.345 e. The van der Waals surface area contributed by atoms with Crippen molar-refractivity contribution in [2.45, 2.75) is 19.1 Å². The zero-order valence-electron chi connectivity index (χ0n) is 16.4. The first kappa shape index (κ1) is 20.2. The third kappa shape index (κ3) is 3.03. The van der Waals surface area contributed by atoms with Crippen molar-refractivity contribution in [3.63, 3.8) is 0 Å². The third-order valence-corrected chi connectivity index (χ3v) is 5.60. The third-order valence-electron chi connectivity index (χ3n) is 5.60. The monoisotopic (exact) mass is 447 g/mol. The van der Waals surface area contributed by atoms with Crippen LogP contribution in [0.3, 0.4) is 0 Å². The molecular weight excluding hydrogens is 433 g/mol. The lowest BCUT2D eigenvalue weighted by molar-refractivity contribution is -0.137. The van der Waals surface area contributed by atoms with E-state index in [4.69, 9.17) is 0 Å². The Morgan fingerprint density at radius 1 is 1.06 bits per heavy atom. The summed E-state index contributed by atoms with van der Waals surface area (Å²) in [4.78, 5) is 20.9. The zero-order valence-corrected chi connectivity index (χ0v) is 16.4. The minimum absolute atomic E-state index is 0.206. The number of aromatic nitrogens is 4. The molecule has 5 rings (SSSR count). The molecule has 3 heterocycles. The summed E-state index contributed by atoms with van der Waals surface area (Å²) in [5.74, 6) is -2.98. The van der Waals surface area contributed by atoms with Gasteiger partial charge in [0.25, 0.3) is 0 Å². The Morgan fingerprint density at radius 2 is 1.78 bits per heavy atom. The van der Waals surface area contributed by atoms with Crippen LogP contribution in [0.5, 0.6) is 0 Å². The Morgan fingerprint density at radius 3 is 2.44 bits per heavy atom. The number of rotatable bonds is 3. The van der Waals surface area contributed by atoms with E-state index in [2.05, 4.69) is 15.1 Å². The number of amides is 1. The van der Waals surface area contributed by atoms with Crippen LogP contribution in [0.1, 0.15) is 24.1 Å². The molecule has 2 aromatic carbocycles. The fourth-order valence-electron chi connectivity index (χ4n) is 3.97. The normalized spacial score (nSPS) is 18.9. The summed E-state index contributed by atoms with van der Waals surface area (Å²) in [5, 5.41) is 3.55. The number of benzene rings is 2. The van der Waals surface area contributed by atoms with Gasteiger partial charge in [0, 0.05) is 29.6 Å². The first-order valence-corrected chi connectivity index (χ1v) is 9.52. The zero-order chi connectivity index (χ0) is 22.8. The molecule has 4 aromatic rings. The quantitative estimate of drug-likeness (QED) is 0.364. The molecule has 0 spiro atoms. The van der Waals surface area contributed by atoms with E-state index in [9.17, 15) is 18.0 Å². The van der Waals surface area contributed by atoms with E-state index in [1.807, 2.05) is 0 Å². The molecule has 2 atom stereocenters. The van der Waals surface area contributed by atoms with Crippen molar-refractivity contribution in [2.24, 2.45) is 5.92 Å². The number of anilines is 1. The lowest BCUT2D eigenvalue weighted by Gasteiger charge is -2.46. The highest BCUT2D eigenvalue weighted by atomic mass is 19.4. The van der Waals surface area contributed by atoms with Gasteiger partial charge in [-0.2, -0.15) is 18.3 Å². The molecular formula is C21H14F5N5O. The van der Waals surface area contributed by atoms with Crippen LogP contribution in [0, 0.1) is 17.6 Å². The van der Waals surface area contributed by atoms with E-state index < -0.39 is 35.3 Å². The van der Waals surface area contributed by atoms with Crippen LogP contribution >= 0.6 is 0 Å². The highest BCUT2D eigenvalue weighted by Gasteiger charge is 2.48. The molecule has 1 amide bonds. The molecule has 0 saturated carbocycles. The molecule has 2 unspecified atom stereocenters. The van der Waals surface area contributed by atoms with Gasteiger partial charge >= 0.3 is 6.18 Å². The Labute approximate surface area is 177 Å². The summed E-state index contributed by atoms with van der Waals surface area (Å²) in [7, 11) is 0. The average molecular weight is 447 g/mol. The van der Waals surface area contributed by atoms with Crippen molar-refractivity contribution in [2.75, 3.05) is 4.90 Å². The summed E-state index contributed by atoms with van der Waals surface area (Å²) < 4.78 is 69.3. The lowest BCUT2D eigenvalue weighted by Crippen LogP contribution is -2.54. The van der Waals surface area contributed by atoms with Crippen molar-refractivity contribution in [3.8, 4) is 5.69 Å². The van der Waals surface area contributed by atoms with Crippen LogP contribution in [0.4, 0.5) is 27.6 Å². The van der Waals surface area contributed by atoms with E-state index >= 15 is 8.78 Å². The molecule has 6 nitrogen and oxygen atoms in total. The predicted molar refractivity (Wildman–Crippen MR) is 104 cm³/mol. The van der Waals surface area contributed by atoms with Gasteiger partial charge in [-0.3, -0.25) is 4.79 Å². The van der Waals surface area contributed by atoms with Gasteiger partial charge in [-0.1, -0.05) is 6.92 Å². The second kappa shape index (κ2) is 6.87. The molecule has 1 aliphatic rings. The first-order valence-electron chi connectivity index (χ1n) is 9.52. The van der Waals surface area contributed by atoms with Gasteiger partial charge in [-0.15, -0.1) is 0 Å². The highest BCUT2D eigenvalue weighted by molar-refractivity contribution is 6.04. The molecule has 2 aromatic heterocycles. The van der Waals surface area contributed by atoms with Crippen LogP contribution in [0.2, 0.25) is 0 Å². The number of nitrogens with zero attached hydrogens (tertiary/aromatic N) is 4. The van der Waals surface area contributed by atoms with Gasteiger partial charge in [0.1, 0.15) is 11.6 Å². The maximum atomic E-state index is 15.0. The van der Waals surface area contributed by atoms with Gasteiger partial charge < -0.3 is 9.88 Å². The summed E-state index contributed by atoms with van der Waals surface area (Å²) in [6.45, 7) is 1.56. The van der Waals surface area contributed by atoms with Crippen molar-refractivity contribution in [3.05, 3.63) is 71.8 Å². The predicted octanol–water partition coefficient (Wildman–Crippen LogP) is 4.77. The number of aromatic amines is 1. The largest absolute Gasteiger partial charge is 0.419 e. The number of imidazole rings is 1. The van der Waals surface area contributed by atoms with Gasteiger partial charge in [0.05, 0.1) is 46.8 Å². The second-order valence-electron chi connectivity index (χ2n) is 7.54. The number of alkyl halides is 3. The molecule has 0 radical (unpaired) electrons. The Hall–Kier alpha value is -3.76. The molecule has 1 fully saturated rings. The molecule has 1 saturated heterocycles. The van der Waals surface area contributed by atoms with Gasteiger partial charge in [-0.25, -0.2) is 18.4 Å². The molecule has 0 aliphatic carbocycles. The Bertz CT molecular complexity index is 1340. The van der Waals surface area contributed by atoms with Crippen molar-refractivity contribution < 1.29 is 26.7 Å². The van der Waals surface area contributed by atoms with Gasteiger partial charge in [0.15, 0.2) is 0 Å². The lowest BCUT2D eigenvalue weighted by atomic mass is 9.82. The van der Waals surface area contributed by atoms with Crippen LogP contribution in [0.25, 0.3) is 16.7 Å². The highest BCUT2D eigenvalue weighted by Crippen LogP contribution is 2.45. The molecule has 0 bridgehead atoms.